The van der Waals surface area contributed by atoms with Gasteiger partial charge in [0.1, 0.15) is 0 Å². The van der Waals surface area contributed by atoms with Gasteiger partial charge >= 0.3 is 0 Å². The molecule has 0 atom stereocenters. The number of rotatable bonds is 6. The third kappa shape index (κ3) is 4.75. The highest BCUT2D eigenvalue weighted by Gasteiger charge is 2.23. The Morgan fingerprint density at radius 3 is 2.04 bits per heavy atom. The average molecular weight is 407 g/mol. The molecule has 0 heterocycles. The largest absolute Gasteiger partial charge is 0.493 e. The molecule has 0 aliphatic carbocycles. The molecule has 1 N–H and O–H groups in total. The van der Waals surface area contributed by atoms with Gasteiger partial charge in [-0.05, 0) is 57.2 Å². The minimum Gasteiger partial charge on any atom is -0.493 e. The van der Waals surface area contributed by atoms with Crippen molar-refractivity contribution < 1.29 is 22.7 Å². The van der Waals surface area contributed by atoms with Gasteiger partial charge in [-0.3, -0.25) is 9.10 Å². The molecule has 2 rings (SSSR count). The maximum absolute atomic E-state index is 13.0. The summed E-state index contributed by atoms with van der Waals surface area (Å²) in [6, 6.07) is 10.8. The van der Waals surface area contributed by atoms with Gasteiger partial charge in [-0.1, -0.05) is 0 Å². The number of sulfonamides is 1. The summed E-state index contributed by atoms with van der Waals surface area (Å²) in [6.07, 6.45) is 0. The summed E-state index contributed by atoms with van der Waals surface area (Å²) >= 11 is 0. The molecule has 0 spiro atoms. The lowest BCUT2D eigenvalue weighted by Crippen LogP contribution is -2.40. The number of carbonyl (C=O) groups is 1. The highest BCUT2D eigenvalue weighted by molar-refractivity contribution is 7.92. The Hall–Kier alpha value is -2.74. The van der Waals surface area contributed by atoms with Crippen molar-refractivity contribution in [1.29, 1.82) is 0 Å². The van der Waals surface area contributed by atoms with Gasteiger partial charge in [0.25, 0.3) is 15.9 Å². The first-order valence-electron chi connectivity index (χ1n) is 8.63. The zero-order valence-electron chi connectivity index (χ0n) is 16.9. The Kier molecular flexibility index (Phi) is 6.23. The molecule has 7 nitrogen and oxygen atoms in total. The fourth-order valence-corrected chi connectivity index (χ4v) is 3.72. The van der Waals surface area contributed by atoms with Crippen molar-refractivity contribution in [2.24, 2.45) is 0 Å². The number of methoxy groups -OCH3 is 2. The Bertz CT molecular complexity index is 948. The van der Waals surface area contributed by atoms with Crippen LogP contribution in [0, 0.1) is 0 Å². The van der Waals surface area contributed by atoms with Crippen molar-refractivity contribution >= 4 is 21.6 Å². The molecule has 1 amide bonds. The molecule has 0 aliphatic heterocycles. The van der Waals surface area contributed by atoms with Gasteiger partial charge in [-0.15, -0.1) is 0 Å². The molecular weight excluding hydrogens is 380 g/mol. The van der Waals surface area contributed by atoms with Crippen molar-refractivity contribution in [3.63, 3.8) is 0 Å². The Morgan fingerprint density at radius 2 is 1.54 bits per heavy atom. The number of ether oxygens (including phenoxy) is 2. The number of benzene rings is 2. The predicted octanol–water partition coefficient (Wildman–Crippen LogP) is 3.06. The molecule has 2 aromatic carbocycles. The summed E-state index contributed by atoms with van der Waals surface area (Å²) in [5.41, 5.74) is 0.529. The third-order valence-corrected chi connectivity index (χ3v) is 5.78. The summed E-state index contributed by atoms with van der Waals surface area (Å²) in [6.45, 7) is 5.67. The molecule has 8 heteroatoms. The molecule has 0 radical (unpaired) electrons. The lowest BCUT2D eigenvalue weighted by atomic mass is 10.1. The van der Waals surface area contributed by atoms with Crippen LogP contribution in [-0.4, -0.2) is 41.1 Å². The lowest BCUT2D eigenvalue weighted by molar-refractivity contribution is 0.0919. The zero-order chi connectivity index (χ0) is 21.1. The highest BCUT2D eigenvalue weighted by Crippen LogP contribution is 2.31. The maximum Gasteiger partial charge on any atom is 0.264 e. The molecule has 0 unspecified atom stereocenters. The van der Waals surface area contributed by atoms with E-state index in [2.05, 4.69) is 5.32 Å². The first-order valence-corrected chi connectivity index (χ1v) is 10.1. The van der Waals surface area contributed by atoms with Crippen molar-refractivity contribution in [2.45, 2.75) is 31.2 Å². The first kappa shape index (κ1) is 21.6. The lowest BCUT2D eigenvalue weighted by Gasteiger charge is -2.22. The number of anilines is 1. The quantitative estimate of drug-likeness (QED) is 0.797. The normalized spacial score (nSPS) is 11.6. The second kappa shape index (κ2) is 8.10. The van der Waals surface area contributed by atoms with Crippen molar-refractivity contribution in [3.05, 3.63) is 48.0 Å². The van der Waals surface area contributed by atoms with E-state index in [0.29, 0.717) is 22.7 Å². The van der Waals surface area contributed by atoms with Crippen LogP contribution in [0.2, 0.25) is 0 Å². The van der Waals surface area contributed by atoms with Gasteiger partial charge in [0.15, 0.2) is 11.5 Å². The van der Waals surface area contributed by atoms with E-state index in [-0.39, 0.29) is 16.3 Å². The standard InChI is InChI=1S/C20H26N2O5S/c1-20(2,3)21-19(23)14-7-9-15(10-8-14)22(4)28(24,25)16-11-12-17(26-5)18(13-16)27-6/h7-13H,1-6H3,(H,21,23). The number of nitrogens with one attached hydrogen (secondary N) is 1. The third-order valence-electron chi connectivity index (χ3n) is 4.00. The maximum atomic E-state index is 13.0. The number of nitrogens with zero attached hydrogens (tertiary/aromatic N) is 1. The van der Waals surface area contributed by atoms with Crippen LogP contribution in [-0.2, 0) is 10.0 Å². The summed E-state index contributed by atoms with van der Waals surface area (Å²) in [4.78, 5) is 12.3. The highest BCUT2D eigenvalue weighted by atomic mass is 32.2. The minimum atomic E-state index is -3.81. The van der Waals surface area contributed by atoms with E-state index in [9.17, 15) is 13.2 Å². The molecular formula is C20H26N2O5S. The predicted molar refractivity (Wildman–Crippen MR) is 109 cm³/mol. The topological polar surface area (TPSA) is 84.9 Å². The van der Waals surface area contributed by atoms with Crippen LogP contribution in [0.1, 0.15) is 31.1 Å². The first-order chi connectivity index (χ1) is 13.0. The molecule has 0 bridgehead atoms. The number of hydrogen-bond donors (Lipinski definition) is 1. The molecule has 28 heavy (non-hydrogen) atoms. The Balaban J connectivity index is 2.29. The number of carbonyl (C=O) groups excluding carboxylic acids is 1. The summed E-state index contributed by atoms with van der Waals surface area (Å²) in [5, 5.41) is 2.87. The monoisotopic (exact) mass is 406 g/mol. The van der Waals surface area contributed by atoms with E-state index in [1.165, 1.54) is 33.4 Å². The summed E-state index contributed by atoms with van der Waals surface area (Å²) < 4.78 is 37.4. The molecule has 0 saturated heterocycles. The van der Waals surface area contributed by atoms with Gasteiger partial charge in [0.2, 0.25) is 0 Å². The molecule has 0 fully saturated rings. The van der Waals surface area contributed by atoms with E-state index in [0.717, 1.165) is 4.31 Å². The van der Waals surface area contributed by atoms with Crippen molar-refractivity contribution in [3.8, 4) is 11.5 Å². The average Bonchev–Trinajstić information content (AvgIpc) is 2.65. The van der Waals surface area contributed by atoms with Gasteiger partial charge in [-0.25, -0.2) is 8.42 Å². The summed E-state index contributed by atoms with van der Waals surface area (Å²) in [7, 11) is 0.566. The molecule has 2 aromatic rings. The van der Waals surface area contributed by atoms with E-state index >= 15 is 0 Å². The van der Waals surface area contributed by atoms with Gasteiger partial charge in [0.05, 0.1) is 24.8 Å². The van der Waals surface area contributed by atoms with Crippen LogP contribution in [0.25, 0.3) is 0 Å². The van der Waals surface area contributed by atoms with Crippen LogP contribution >= 0.6 is 0 Å². The van der Waals surface area contributed by atoms with Crippen LogP contribution < -0.4 is 19.1 Å². The summed E-state index contributed by atoms with van der Waals surface area (Å²) in [5.74, 6) is 0.550. The van der Waals surface area contributed by atoms with E-state index < -0.39 is 10.0 Å². The molecule has 0 aliphatic rings. The minimum absolute atomic E-state index is 0.0715. The Labute approximate surface area is 166 Å². The van der Waals surface area contributed by atoms with Crippen LogP contribution in [0.4, 0.5) is 5.69 Å². The second-order valence-corrected chi connectivity index (χ2v) is 9.21. The van der Waals surface area contributed by atoms with Crippen LogP contribution in [0.5, 0.6) is 11.5 Å². The molecule has 152 valence electrons. The van der Waals surface area contributed by atoms with Crippen molar-refractivity contribution in [2.75, 3.05) is 25.6 Å². The SMILES string of the molecule is COc1ccc(S(=O)(=O)N(C)c2ccc(C(=O)NC(C)(C)C)cc2)cc1OC. The second-order valence-electron chi connectivity index (χ2n) is 7.24. The van der Waals surface area contributed by atoms with Gasteiger partial charge in [0, 0.05) is 24.2 Å². The zero-order valence-corrected chi connectivity index (χ0v) is 17.8. The fourth-order valence-electron chi connectivity index (χ4n) is 2.51. The van der Waals surface area contributed by atoms with E-state index in [1.807, 2.05) is 20.8 Å². The number of amides is 1. The fraction of sp³-hybridized carbons (Fsp3) is 0.350. The Morgan fingerprint density at radius 1 is 0.964 bits per heavy atom. The van der Waals surface area contributed by atoms with E-state index in [1.54, 1.807) is 30.3 Å². The van der Waals surface area contributed by atoms with Gasteiger partial charge in [-0.2, -0.15) is 0 Å². The molecule has 0 saturated carbocycles. The van der Waals surface area contributed by atoms with Crippen molar-refractivity contribution in [1.82, 2.24) is 5.32 Å². The molecule has 0 aromatic heterocycles. The van der Waals surface area contributed by atoms with E-state index in [4.69, 9.17) is 9.47 Å². The van der Waals surface area contributed by atoms with Crippen LogP contribution in [0.15, 0.2) is 47.4 Å². The smallest absolute Gasteiger partial charge is 0.264 e. The van der Waals surface area contributed by atoms with Gasteiger partial charge < -0.3 is 14.8 Å². The van der Waals surface area contributed by atoms with Crippen LogP contribution in [0.3, 0.4) is 0 Å². The number of hydrogen-bond acceptors (Lipinski definition) is 5.